The molecule has 5 rings (SSSR count). The van der Waals surface area contributed by atoms with Gasteiger partial charge < -0.3 is 15.4 Å². The monoisotopic (exact) mass is 488 g/mol. The number of dihydropyridines is 1. The van der Waals surface area contributed by atoms with Crippen LogP contribution in [0.3, 0.4) is 0 Å². The summed E-state index contributed by atoms with van der Waals surface area (Å²) in [6.07, 6.45) is 1.06. The van der Waals surface area contributed by atoms with Crippen molar-refractivity contribution in [2.24, 2.45) is 0 Å². The predicted octanol–water partition coefficient (Wildman–Crippen LogP) is 5.90. The van der Waals surface area contributed by atoms with Gasteiger partial charge in [0.1, 0.15) is 11.6 Å². The molecule has 0 bridgehead atoms. The maximum absolute atomic E-state index is 13.8. The van der Waals surface area contributed by atoms with Crippen LogP contribution in [0.25, 0.3) is 0 Å². The molecule has 0 saturated heterocycles. The Bertz CT molecular complexity index is 1360. The molecular formula is C28H25FN2O3S. The highest BCUT2D eigenvalue weighted by Crippen LogP contribution is 2.48. The lowest BCUT2D eigenvalue weighted by Gasteiger charge is -2.37. The van der Waals surface area contributed by atoms with Gasteiger partial charge in [-0.15, -0.1) is 11.3 Å². The van der Waals surface area contributed by atoms with Crippen LogP contribution in [0.15, 0.2) is 88.6 Å². The molecule has 5 nitrogen and oxygen atoms in total. The quantitative estimate of drug-likeness (QED) is 0.470. The predicted molar refractivity (Wildman–Crippen MR) is 135 cm³/mol. The van der Waals surface area contributed by atoms with E-state index >= 15 is 0 Å². The van der Waals surface area contributed by atoms with Crippen molar-refractivity contribution in [2.75, 3.05) is 12.4 Å². The largest absolute Gasteiger partial charge is 0.496 e. The van der Waals surface area contributed by atoms with E-state index in [4.69, 9.17) is 4.74 Å². The van der Waals surface area contributed by atoms with E-state index in [-0.39, 0.29) is 11.7 Å². The highest BCUT2D eigenvalue weighted by atomic mass is 32.1. The standard InChI is InChI=1S/C28H25FN2O3S/c1-16-25(28(33)31-19-8-5-7-18(29)15-19)26(20-9-3-4-10-23(20)34-2)27-21(30-16)13-17(14-22(27)32)24-11-6-12-35-24/h3-12,15,17,26,30H,13-14H2,1-2H3,(H,31,33)/t17-,26+/m0/s1. The summed E-state index contributed by atoms with van der Waals surface area (Å²) in [5, 5.41) is 8.21. The first-order valence-electron chi connectivity index (χ1n) is 11.4. The molecule has 2 heterocycles. The molecule has 2 atom stereocenters. The van der Waals surface area contributed by atoms with Crippen LogP contribution in [0.2, 0.25) is 0 Å². The minimum Gasteiger partial charge on any atom is -0.496 e. The van der Waals surface area contributed by atoms with Crippen molar-refractivity contribution in [2.45, 2.75) is 31.6 Å². The van der Waals surface area contributed by atoms with E-state index in [1.54, 1.807) is 30.6 Å². The molecular weight excluding hydrogens is 463 g/mol. The number of hydrogen-bond donors (Lipinski definition) is 2. The summed E-state index contributed by atoms with van der Waals surface area (Å²) in [6, 6.07) is 17.3. The Morgan fingerprint density at radius 1 is 1.11 bits per heavy atom. The number of hydrogen-bond acceptors (Lipinski definition) is 5. The van der Waals surface area contributed by atoms with E-state index in [2.05, 4.69) is 16.7 Å². The van der Waals surface area contributed by atoms with E-state index < -0.39 is 17.6 Å². The second-order valence-electron chi connectivity index (χ2n) is 8.74. The normalized spacial score (nSPS) is 19.8. The summed E-state index contributed by atoms with van der Waals surface area (Å²) in [7, 11) is 1.58. The maximum Gasteiger partial charge on any atom is 0.254 e. The number of ether oxygens (including phenoxy) is 1. The van der Waals surface area contributed by atoms with E-state index in [0.29, 0.717) is 41.1 Å². The summed E-state index contributed by atoms with van der Waals surface area (Å²) < 4.78 is 19.4. The van der Waals surface area contributed by atoms with Gasteiger partial charge in [-0.2, -0.15) is 0 Å². The third-order valence-electron chi connectivity index (χ3n) is 6.55. The van der Waals surface area contributed by atoms with E-state index in [9.17, 15) is 14.0 Å². The molecule has 1 aliphatic heterocycles. The Labute approximate surface area is 207 Å². The third-order valence-corrected chi connectivity index (χ3v) is 7.58. The Morgan fingerprint density at radius 2 is 1.94 bits per heavy atom. The van der Waals surface area contributed by atoms with Crippen LogP contribution in [0.4, 0.5) is 10.1 Å². The third kappa shape index (κ3) is 4.39. The molecule has 2 aromatic carbocycles. The number of carbonyl (C=O) groups is 2. The van der Waals surface area contributed by atoms with Crippen LogP contribution in [0, 0.1) is 5.82 Å². The van der Waals surface area contributed by atoms with Gasteiger partial charge in [0.25, 0.3) is 5.91 Å². The number of nitrogens with one attached hydrogen (secondary N) is 2. The number of allylic oxidation sites excluding steroid dienone is 3. The Hall–Kier alpha value is -3.71. The van der Waals surface area contributed by atoms with Crippen molar-refractivity contribution < 1.29 is 18.7 Å². The number of amides is 1. The van der Waals surface area contributed by atoms with E-state index in [1.165, 1.54) is 17.0 Å². The molecule has 0 fully saturated rings. The second kappa shape index (κ2) is 9.50. The molecule has 1 amide bonds. The first kappa shape index (κ1) is 23.1. The lowest BCUT2D eigenvalue weighted by atomic mass is 9.72. The minimum atomic E-state index is -0.604. The lowest BCUT2D eigenvalue weighted by Crippen LogP contribution is -2.37. The van der Waals surface area contributed by atoms with Crippen LogP contribution in [0.5, 0.6) is 5.75 Å². The van der Waals surface area contributed by atoms with E-state index in [1.807, 2.05) is 42.6 Å². The smallest absolute Gasteiger partial charge is 0.254 e. The highest BCUT2D eigenvalue weighted by molar-refractivity contribution is 7.10. The van der Waals surface area contributed by atoms with Crippen LogP contribution < -0.4 is 15.4 Å². The van der Waals surface area contributed by atoms with Crippen molar-refractivity contribution in [3.8, 4) is 5.75 Å². The van der Waals surface area contributed by atoms with Crippen LogP contribution >= 0.6 is 11.3 Å². The van der Waals surface area contributed by atoms with Crippen molar-refractivity contribution in [3.05, 3.63) is 105 Å². The van der Waals surface area contributed by atoms with E-state index in [0.717, 1.165) is 11.3 Å². The topological polar surface area (TPSA) is 67.4 Å². The van der Waals surface area contributed by atoms with Gasteiger partial charge in [0.05, 0.1) is 13.0 Å². The Balaban J connectivity index is 1.60. The number of methoxy groups -OCH3 is 1. The molecule has 1 aromatic heterocycles. The van der Waals surface area contributed by atoms with Crippen molar-refractivity contribution in [3.63, 3.8) is 0 Å². The fraction of sp³-hybridized carbons (Fsp3) is 0.214. The summed E-state index contributed by atoms with van der Waals surface area (Å²) in [5.41, 5.74) is 3.61. The first-order chi connectivity index (χ1) is 17.0. The van der Waals surface area contributed by atoms with Gasteiger partial charge in [0.2, 0.25) is 0 Å². The molecule has 178 valence electrons. The summed E-state index contributed by atoms with van der Waals surface area (Å²) >= 11 is 1.65. The zero-order valence-corrected chi connectivity index (χ0v) is 20.2. The number of ketones is 1. The molecule has 0 unspecified atom stereocenters. The molecule has 2 aliphatic rings. The Morgan fingerprint density at radius 3 is 2.69 bits per heavy atom. The lowest BCUT2D eigenvalue weighted by molar-refractivity contribution is -0.116. The molecule has 0 saturated carbocycles. The number of halogens is 1. The van der Waals surface area contributed by atoms with Crippen molar-refractivity contribution in [1.82, 2.24) is 5.32 Å². The summed E-state index contributed by atoms with van der Waals surface area (Å²) in [6.45, 7) is 1.84. The van der Waals surface area contributed by atoms with Crippen molar-refractivity contribution in [1.29, 1.82) is 0 Å². The van der Waals surface area contributed by atoms with Gasteiger partial charge >= 0.3 is 0 Å². The van der Waals surface area contributed by atoms with Crippen LogP contribution in [-0.2, 0) is 9.59 Å². The maximum atomic E-state index is 13.8. The van der Waals surface area contributed by atoms with Gasteiger partial charge in [-0.25, -0.2) is 4.39 Å². The Kier molecular flexibility index (Phi) is 6.26. The number of para-hydroxylation sites is 1. The summed E-state index contributed by atoms with van der Waals surface area (Å²) in [4.78, 5) is 28.4. The first-order valence-corrected chi connectivity index (χ1v) is 12.3. The molecule has 0 spiro atoms. The molecule has 0 radical (unpaired) electrons. The average molecular weight is 489 g/mol. The highest BCUT2D eigenvalue weighted by Gasteiger charge is 2.42. The zero-order chi connectivity index (χ0) is 24.5. The number of carbonyl (C=O) groups excluding carboxylic acids is 2. The average Bonchev–Trinajstić information content (AvgIpc) is 3.38. The molecule has 3 aromatic rings. The molecule has 1 aliphatic carbocycles. The van der Waals surface area contributed by atoms with Gasteiger partial charge in [-0.1, -0.05) is 30.3 Å². The number of rotatable bonds is 5. The fourth-order valence-corrected chi connectivity index (χ4v) is 5.88. The van der Waals surface area contributed by atoms with Crippen molar-refractivity contribution >= 4 is 28.7 Å². The van der Waals surface area contributed by atoms with Gasteiger partial charge in [0, 0.05) is 51.0 Å². The minimum absolute atomic E-state index is 0.0108. The SMILES string of the molecule is COc1ccccc1[C@@H]1C(C(=O)Nc2cccc(F)c2)=C(C)NC2=C1C(=O)C[C@@H](c1cccs1)C2. The number of benzene rings is 2. The molecule has 35 heavy (non-hydrogen) atoms. The fourth-order valence-electron chi connectivity index (χ4n) is 5.05. The number of anilines is 1. The van der Waals surface area contributed by atoms with Gasteiger partial charge in [-0.05, 0) is 49.1 Å². The molecule has 2 N–H and O–H groups in total. The summed E-state index contributed by atoms with van der Waals surface area (Å²) in [5.74, 6) is -0.727. The van der Waals surface area contributed by atoms with Gasteiger partial charge in [0.15, 0.2) is 5.78 Å². The second-order valence-corrected chi connectivity index (χ2v) is 9.72. The number of thiophene rings is 1. The zero-order valence-electron chi connectivity index (χ0n) is 19.4. The molecule has 7 heteroatoms. The van der Waals surface area contributed by atoms with Crippen LogP contribution in [0.1, 0.15) is 42.0 Å². The van der Waals surface area contributed by atoms with Crippen LogP contribution in [-0.4, -0.2) is 18.8 Å². The number of Topliss-reactive ketones (excluding diaryl/α,β-unsaturated/α-hetero) is 1. The van der Waals surface area contributed by atoms with Gasteiger partial charge in [-0.3, -0.25) is 9.59 Å².